The van der Waals surface area contributed by atoms with E-state index in [1.807, 2.05) is 37.3 Å². The average molecular weight is 423 g/mol. The molecule has 2 N–H and O–H groups in total. The van der Waals surface area contributed by atoms with E-state index in [1.54, 1.807) is 37.3 Å². The Morgan fingerprint density at radius 1 is 1.03 bits per heavy atom. The van der Waals surface area contributed by atoms with Gasteiger partial charge in [0.15, 0.2) is 6.61 Å². The van der Waals surface area contributed by atoms with Crippen molar-refractivity contribution in [1.82, 2.24) is 15.8 Å². The van der Waals surface area contributed by atoms with Gasteiger partial charge in [0, 0.05) is 0 Å². The molecule has 0 aromatic heterocycles. The quantitative estimate of drug-likeness (QED) is 0.502. The first kappa shape index (κ1) is 22.0. The van der Waals surface area contributed by atoms with Crippen LogP contribution in [0.2, 0.25) is 0 Å². The minimum atomic E-state index is -1.26. The number of carbonyl (C=O) groups excluding carboxylic acids is 4. The number of amides is 4. The van der Waals surface area contributed by atoms with Gasteiger partial charge in [-0.3, -0.25) is 19.8 Å². The lowest BCUT2D eigenvalue weighted by Crippen LogP contribution is -2.49. The van der Waals surface area contributed by atoms with Crippen molar-refractivity contribution in [1.29, 1.82) is 0 Å². The molecule has 162 valence electrons. The smallest absolute Gasteiger partial charge is 0.344 e. The van der Waals surface area contributed by atoms with Crippen molar-refractivity contribution >= 4 is 23.8 Å². The Balaban J connectivity index is 1.63. The number of carbonyl (C=O) groups is 4. The Morgan fingerprint density at radius 3 is 2.23 bits per heavy atom. The number of imide groups is 1. The summed E-state index contributed by atoms with van der Waals surface area (Å²) in [5.41, 5.74) is 2.39. The molecule has 8 heteroatoms. The van der Waals surface area contributed by atoms with Crippen molar-refractivity contribution < 1.29 is 23.9 Å². The molecule has 2 aromatic rings. The lowest BCUT2D eigenvalue weighted by Gasteiger charge is -2.25. The second kappa shape index (κ2) is 9.42. The number of ether oxygens (including phenoxy) is 1. The van der Waals surface area contributed by atoms with E-state index in [0.29, 0.717) is 23.4 Å². The minimum absolute atomic E-state index is 0.304. The molecule has 31 heavy (non-hydrogen) atoms. The topological polar surface area (TPSA) is 105 Å². The monoisotopic (exact) mass is 423 g/mol. The number of nitrogens with zero attached hydrogens (tertiary/aromatic N) is 1. The molecular weight excluding hydrogens is 398 g/mol. The number of urea groups is 1. The van der Waals surface area contributed by atoms with Crippen LogP contribution in [-0.2, 0) is 24.7 Å². The third-order valence-corrected chi connectivity index (χ3v) is 5.37. The minimum Gasteiger partial charge on any atom is -0.455 e. The highest BCUT2D eigenvalue weighted by molar-refractivity contribution is 6.08. The van der Waals surface area contributed by atoms with Crippen LogP contribution < -0.4 is 10.7 Å². The van der Waals surface area contributed by atoms with Crippen molar-refractivity contribution in [2.75, 3.05) is 6.61 Å². The summed E-state index contributed by atoms with van der Waals surface area (Å²) < 4.78 is 5.13. The molecule has 1 aliphatic rings. The maximum Gasteiger partial charge on any atom is 0.344 e. The molecule has 1 saturated heterocycles. The first-order valence-corrected chi connectivity index (χ1v) is 10.2. The Hall–Kier alpha value is -3.68. The van der Waals surface area contributed by atoms with Gasteiger partial charge in [-0.15, -0.1) is 0 Å². The summed E-state index contributed by atoms with van der Waals surface area (Å²) in [5.74, 6) is -2.42. The number of rotatable bonds is 8. The highest BCUT2D eigenvalue weighted by atomic mass is 16.5. The largest absolute Gasteiger partial charge is 0.455 e. The lowest BCUT2D eigenvalue weighted by molar-refractivity contribution is -0.152. The molecule has 0 aliphatic carbocycles. The fourth-order valence-electron chi connectivity index (χ4n) is 3.66. The molecule has 4 amide bonds. The van der Waals surface area contributed by atoms with E-state index in [2.05, 4.69) is 10.7 Å². The van der Waals surface area contributed by atoms with Gasteiger partial charge in [-0.25, -0.2) is 4.79 Å². The van der Waals surface area contributed by atoms with E-state index >= 15 is 0 Å². The Kier molecular flexibility index (Phi) is 6.69. The molecule has 1 heterocycles. The molecule has 1 aliphatic heterocycles. The average Bonchev–Trinajstić information content (AvgIpc) is 3.04. The third kappa shape index (κ3) is 4.42. The van der Waals surface area contributed by atoms with E-state index in [4.69, 9.17) is 4.74 Å². The maximum atomic E-state index is 13.0. The normalized spacial score (nSPS) is 19.0. The first-order valence-electron chi connectivity index (χ1n) is 10.2. The standard InChI is InChI=1S/C23H25N3O5/c1-3-18(16-11-7-5-8-12-16)20(28)31-15-19(27)25-26-21(29)23(4-2,24-22(26)30)17-13-9-6-10-14-17/h5-14,18H,3-4,15H2,1-2H3,(H,24,30)(H,25,27)/t18-,23-/m0/s1. The SMILES string of the molecule is CC[C@H](C(=O)OCC(=O)NN1C(=O)N[C@@](CC)(c2ccccc2)C1=O)c1ccccc1. The molecule has 2 atom stereocenters. The van der Waals surface area contributed by atoms with Gasteiger partial charge in [-0.05, 0) is 24.0 Å². The van der Waals surface area contributed by atoms with Gasteiger partial charge in [-0.1, -0.05) is 74.5 Å². The number of hydrogen-bond acceptors (Lipinski definition) is 5. The highest BCUT2D eigenvalue weighted by Crippen LogP contribution is 2.31. The Morgan fingerprint density at radius 2 is 1.65 bits per heavy atom. The van der Waals surface area contributed by atoms with Crippen LogP contribution in [0.25, 0.3) is 0 Å². The molecule has 0 radical (unpaired) electrons. The molecule has 1 fully saturated rings. The van der Waals surface area contributed by atoms with Crippen LogP contribution in [0.15, 0.2) is 60.7 Å². The van der Waals surface area contributed by atoms with Gasteiger partial charge in [-0.2, -0.15) is 5.01 Å². The molecule has 8 nitrogen and oxygen atoms in total. The van der Waals surface area contributed by atoms with Gasteiger partial charge in [0.25, 0.3) is 11.8 Å². The number of hydrogen-bond donors (Lipinski definition) is 2. The molecular formula is C23H25N3O5. The Bertz CT molecular complexity index is 964. The van der Waals surface area contributed by atoms with Crippen molar-refractivity contribution in [2.45, 2.75) is 38.1 Å². The number of esters is 1. The van der Waals surface area contributed by atoms with Crippen LogP contribution in [0.3, 0.4) is 0 Å². The summed E-state index contributed by atoms with van der Waals surface area (Å²) in [4.78, 5) is 50.2. The third-order valence-electron chi connectivity index (χ3n) is 5.37. The molecule has 3 rings (SSSR count). The number of nitrogens with one attached hydrogen (secondary N) is 2. The van der Waals surface area contributed by atoms with Gasteiger partial charge in [0.1, 0.15) is 5.54 Å². The van der Waals surface area contributed by atoms with Crippen LogP contribution in [0.4, 0.5) is 4.79 Å². The summed E-state index contributed by atoms with van der Waals surface area (Å²) in [6.07, 6.45) is 0.811. The van der Waals surface area contributed by atoms with Crippen LogP contribution in [0.5, 0.6) is 0 Å². The summed E-state index contributed by atoms with van der Waals surface area (Å²) in [5, 5.41) is 3.31. The van der Waals surface area contributed by atoms with E-state index in [9.17, 15) is 19.2 Å². The van der Waals surface area contributed by atoms with Crippen LogP contribution in [0.1, 0.15) is 43.7 Å². The fraction of sp³-hybridized carbons (Fsp3) is 0.304. The van der Waals surface area contributed by atoms with Gasteiger partial charge < -0.3 is 10.1 Å². The zero-order valence-corrected chi connectivity index (χ0v) is 17.5. The van der Waals surface area contributed by atoms with Crippen LogP contribution >= 0.6 is 0 Å². The molecule has 0 unspecified atom stereocenters. The zero-order valence-electron chi connectivity index (χ0n) is 17.5. The predicted octanol–water partition coefficient (Wildman–Crippen LogP) is 2.61. The summed E-state index contributed by atoms with van der Waals surface area (Å²) in [6.45, 7) is 3.01. The van der Waals surface area contributed by atoms with Crippen molar-refractivity contribution in [3.63, 3.8) is 0 Å². The van der Waals surface area contributed by atoms with E-state index in [1.165, 1.54) is 0 Å². The summed E-state index contributed by atoms with van der Waals surface area (Å²) in [6, 6.07) is 17.2. The van der Waals surface area contributed by atoms with Crippen molar-refractivity contribution in [2.24, 2.45) is 0 Å². The zero-order chi connectivity index (χ0) is 22.4. The molecule has 0 spiro atoms. The Labute approximate surface area is 180 Å². The van der Waals surface area contributed by atoms with E-state index in [0.717, 1.165) is 5.56 Å². The lowest BCUT2D eigenvalue weighted by atomic mass is 9.87. The fourth-order valence-corrected chi connectivity index (χ4v) is 3.66. The van der Waals surface area contributed by atoms with Crippen molar-refractivity contribution in [3.05, 3.63) is 71.8 Å². The van der Waals surface area contributed by atoms with E-state index in [-0.39, 0.29) is 0 Å². The summed E-state index contributed by atoms with van der Waals surface area (Å²) in [7, 11) is 0. The number of hydrazine groups is 1. The van der Waals surface area contributed by atoms with Gasteiger partial charge in [0.05, 0.1) is 5.92 Å². The van der Waals surface area contributed by atoms with Gasteiger partial charge >= 0.3 is 12.0 Å². The van der Waals surface area contributed by atoms with Gasteiger partial charge in [0.2, 0.25) is 0 Å². The maximum absolute atomic E-state index is 13.0. The molecule has 0 bridgehead atoms. The van der Waals surface area contributed by atoms with Crippen LogP contribution in [0, 0.1) is 0 Å². The van der Waals surface area contributed by atoms with Crippen molar-refractivity contribution in [3.8, 4) is 0 Å². The predicted molar refractivity (Wildman–Crippen MR) is 112 cm³/mol. The second-order valence-electron chi connectivity index (χ2n) is 7.21. The highest BCUT2D eigenvalue weighted by Gasteiger charge is 2.52. The first-order chi connectivity index (χ1) is 14.9. The van der Waals surface area contributed by atoms with E-state index < -0.39 is 41.9 Å². The van der Waals surface area contributed by atoms with Crippen LogP contribution in [-0.4, -0.2) is 35.4 Å². The molecule has 0 saturated carbocycles. The summed E-state index contributed by atoms with van der Waals surface area (Å²) >= 11 is 0. The number of benzene rings is 2. The molecule has 2 aromatic carbocycles. The second-order valence-corrected chi connectivity index (χ2v) is 7.21.